The van der Waals surface area contributed by atoms with Crippen molar-refractivity contribution < 1.29 is 32.6 Å². The highest BCUT2D eigenvalue weighted by Crippen LogP contribution is 2.29. The fourth-order valence-corrected chi connectivity index (χ4v) is 2.05. The SMILES string of the molecule is O=C1COC(Cc2ccc(C(F)(F)F)cc2)C(C(=O)O)N1. The number of ether oxygens (including phenoxy) is 1. The summed E-state index contributed by atoms with van der Waals surface area (Å²) in [6.07, 6.45) is -5.15. The molecule has 1 aromatic rings. The van der Waals surface area contributed by atoms with E-state index in [1.165, 1.54) is 12.1 Å². The fraction of sp³-hybridized carbons (Fsp3) is 0.385. The Morgan fingerprint density at radius 1 is 1.33 bits per heavy atom. The Hall–Kier alpha value is -2.09. The number of benzene rings is 1. The topological polar surface area (TPSA) is 75.6 Å². The summed E-state index contributed by atoms with van der Waals surface area (Å²) in [4.78, 5) is 22.1. The first-order chi connectivity index (χ1) is 9.77. The van der Waals surface area contributed by atoms with Gasteiger partial charge in [0.1, 0.15) is 6.61 Å². The van der Waals surface area contributed by atoms with Crippen molar-refractivity contribution in [3.63, 3.8) is 0 Å². The van der Waals surface area contributed by atoms with Crippen molar-refractivity contribution in [1.82, 2.24) is 5.32 Å². The van der Waals surface area contributed by atoms with Crippen molar-refractivity contribution in [3.05, 3.63) is 35.4 Å². The Morgan fingerprint density at radius 3 is 2.48 bits per heavy atom. The van der Waals surface area contributed by atoms with Gasteiger partial charge >= 0.3 is 12.1 Å². The van der Waals surface area contributed by atoms with Crippen LogP contribution in [0.25, 0.3) is 0 Å². The maximum absolute atomic E-state index is 12.4. The van der Waals surface area contributed by atoms with E-state index in [-0.39, 0.29) is 13.0 Å². The normalized spacial score (nSPS) is 22.7. The number of alkyl halides is 3. The van der Waals surface area contributed by atoms with Crippen LogP contribution in [0, 0.1) is 0 Å². The van der Waals surface area contributed by atoms with E-state index in [1.807, 2.05) is 0 Å². The van der Waals surface area contributed by atoms with E-state index in [1.54, 1.807) is 0 Å². The molecule has 0 bridgehead atoms. The summed E-state index contributed by atoms with van der Waals surface area (Å²) < 4.78 is 42.5. The number of carbonyl (C=O) groups excluding carboxylic acids is 1. The molecule has 8 heteroatoms. The number of carboxylic acid groups (broad SMARTS) is 1. The molecule has 2 unspecified atom stereocenters. The van der Waals surface area contributed by atoms with Crippen LogP contribution in [-0.2, 0) is 26.9 Å². The van der Waals surface area contributed by atoms with Gasteiger partial charge in [0.25, 0.3) is 0 Å². The molecule has 2 rings (SSSR count). The fourth-order valence-electron chi connectivity index (χ4n) is 2.05. The van der Waals surface area contributed by atoms with E-state index < -0.39 is 35.8 Å². The second-order valence-electron chi connectivity index (χ2n) is 4.63. The molecule has 5 nitrogen and oxygen atoms in total. The van der Waals surface area contributed by atoms with Crippen molar-refractivity contribution in [2.75, 3.05) is 6.61 Å². The number of nitrogens with one attached hydrogen (secondary N) is 1. The van der Waals surface area contributed by atoms with Crippen LogP contribution in [0.15, 0.2) is 24.3 Å². The Balaban J connectivity index is 2.09. The summed E-state index contributed by atoms with van der Waals surface area (Å²) in [7, 11) is 0. The van der Waals surface area contributed by atoms with Gasteiger partial charge in [0, 0.05) is 6.42 Å². The standard InChI is InChI=1S/C13H12F3NO4/c14-13(15,16)8-3-1-7(2-4-8)5-9-11(12(19)20)17-10(18)6-21-9/h1-4,9,11H,5-6H2,(H,17,18)(H,19,20). The van der Waals surface area contributed by atoms with Crippen LogP contribution in [0.3, 0.4) is 0 Å². The van der Waals surface area contributed by atoms with Crippen molar-refractivity contribution in [2.45, 2.75) is 24.7 Å². The number of hydrogen-bond donors (Lipinski definition) is 2. The number of carbonyl (C=O) groups is 2. The summed E-state index contributed by atoms with van der Waals surface area (Å²) in [6.45, 7) is -0.269. The molecule has 1 amide bonds. The van der Waals surface area contributed by atoms with Crippen LogP contribution in [0.4, 0.5) is 13.2 Å². The molecular weight excluding hydrogens is 291 g/mol. The van der Waals surface area contributed by atoms with Gasteiger partial charge in [-0.3, -0.25) is 4.79 Å². The average molecular weight is 303 g/mol. The zero-order valence-electron chi connectivity index (χ0n) is 10.7. The van der Waals surface area contributed by atoms with Gasteiger partial charge in [-0.25, -0.2) is 4.79 Å². The lowest BCUT2D eigenvalue weighted by Crippen LogP contribution is -2.56. The third-order valence-corrected chi connectivity index (χ3v) is 3.10. The van der Waals surface area contributed by atoms with Gasteiger partial charge in [0.05, 0.1) is 11.7 Å². The number of carboxylic acids is 1. The quantitative estimate of drug-likeness (QED) is 0.880. The minimum atomic E-state index is -4.42. The van der Waals surface area contributed by atoms with Crippen LogP contribution >= 0.6 is 0 Å². The lowest BCUT2D eigenvalue weighted by atomic mass is 9.99. The molecule has 0 radical (unpaired) electrons. The summed E-state index contributed by atoms with van der Waals surface area (Å²) in [5.74, 6) is -1.79. The second kappa shape index (κ2) is 5.72. The molecule has 1 aliphatic rings. The van der Waals surface area contributed by atoms with Crippen molar-refractivity contribution in [3.8, 4) is 0 Å². The molecule has 0 aliphatic carbocycles. The summed E-state index contributed by atoms with van der Waals surface area (Å²) in [6, 6.07) is 3.16. The summed E-state index contributed by atoms with van der Waals surface area (Å²) >= 11 is 0. The minimum absolute atomic E-state index is 0.0926. The van der Waals surface area contributed by atoms with Gasteiger partial charge in [-0.05, 0) is 17.7 Å². The van der Waals surface area contributed by atoms with Crippen LogP contribution in [0.1, 0.15) is 11.1 Å². The molecule has 1 aromatic carbocycles. The maximum atomic E-state index is 12.4. The zero-order chi connectivity index (χ0) is 15.6. The first kappa shape index (κ1) is 15.3. The molecule has 2 atom stereocenters. The molecule has 1 aliphatic heterocycles. The highest BCUT2D eigenvalue weighted by Gasteiger charge is 2.35. The largest absolute Gasteiger partial charge is 0.480 e. The second-order valence-corrected chi connectivity index (χ2v) is 4.63. The number of hydrogen-bond acceptors (Lipinski definition) is 3. The van der Waals surface area contributed by atoms with E-state index in [9.17, 15) is 22.8 Å². The monoisotopic (exact) mass is 303 g/mol. The third-order valence-electron chi connectivity index (χ3n) is 3.10. The molecule has 1 saturated heterocycles. The van der Waals surface area contributed by atoms with Gasteiger partial charge in [-0.2, -0.15) is 13.2 Å². The first-order valence-corrected chi connectivity index (χ1v) is 6.07. The van der Waals surface area contributed by atoms with Crippen LogP contribution in [0.2, 0.25) is 0 Å². The van der Waals surface area contributed by atoms with E-state index in [2.05, 4.69) is 5.32 Å². The molecule has 0 aromatic heterocycles. The number of morpholine rings is 1. The predicted molar refractivity (Wildman–Crippen MR) is 64.5 cm³/mol. The molecule has 0 saturated carbocycles. The number of amides is 1. The molecule has 1 fully saturated rings. The van der Waals surface area contributed by atoms with E-state index in [0.717, 1.165) is 12.1 Å². The highest BCUT2D eigenvalue weighted by molar-refractivity contribution is 5.85. The van der Waals surface area contributed by atoms with Crippen LogP contribution in [0.5, 0.6) is 0 Å². The van der Waals surface area contributed by atoms with Crippen molar-refractivity contribution in [1.29, 1.82) is 0 Å². The van der Waals surface area contributed by atoms with Crippen molar-refractivity contribution >= 4 is 11.9 Å². The minimum Gasteiger partial charge on any atom is -0.480 e. The molecule has 1 heterocycles. The smallest absolute Gasteiger partial charge is 0.416 e. The highest BCUT2D eigenvalue weighted by atomic mass is 19.4. The first-order valence-electron chi connectivity index (χ1n) is 6.07. The molecule has 114 valence electrons. The molecule has 2 N–H and O–H groups in total. The number of aliphatic carboxylic acids is 1. The van der Waals surface area contributed by atoms with Crippen molar-refractivity contribution in [2.24, 2.45) is 0 Å². The average Bonchev–Trinajstić information content (AvgIpc) is 2.40. The lowest BCUT2D eigenvalue weighted by Gasteiger charge is -2.29. The van der Waals surface area contributed by atoms with E-state index in [0.29, 0.717) is 5.56 Å². The maximum Gasteiger partial charge on any atom is 0.416 e. The molecular formula is C13H12F3NO4. The zero-order valence-corrected chi connectivity index (χ0v) is 10.7. The van der Waals surface area contributed by atoms with Gasteiger partial charge in [0.15, 0.2) is 6.04 Å². The predicted octanol–water partition coefficient (Wildman–Crippen LogP) is 1.22. The Kier molecular flexibility index (Phi) is 4.17. The van der Waals surface area contributed by atoms with Gasteiger partial charge in [-0.1, -0.05) is 12.1 Å². The van der Waals surface area contributed by atoms with Crippen LogP contribution < -0.4 is 5.32 Å². The number of rotatable bonds is 3. The van der Waals surface area contributed by atoms with Crippen LogP contribution in [-0.4, -0.2) is 35.7 Å². The van der Waals surface area contributed by atoms with Gasteiger partial charge < -0.3 is 15.2 Å². The summed E-state index contributed by atoms with van der Waals surface area (Å²) in [5, 5.41) is 11.3. The Morgan fingerprint density at radius 2 is 1.95 bits per heavy atom. The van der Waals surface area contributed by atoms with Gasteiger partial charge in [0.2, 0.25) is 5.91 Å². The lowest BCUT2D eigenvalue weighted by molar-refractivity contribution is -0.154. The van der Waals surface area contributed by atoms with Gasteiger partial charge in [-0.15, -0.1) is 0 Å². The Labute approximate surface area is 117 Å². The molecule has 21 heavy (non-hydrogen) atoms. The van der Waals surface area contributed by atoms with E-state index in [4.69, 9.17) is 9.84 Å². The summed E-state index contributed by atoms with van der Waals surface area (Å²) in [5.41, 5.74) is -0.283. The Bertz CT molecular complexity index is 541. The molecule has 0 spiro atoms. The number of halogens is 3. The third kappa shape index (κ3) is 3.72. The van der Waals surface area contributed by atoms with E-state index >= 15 is 0 Å².